The van der Waals surface area contributed by atoms with E-state index in [4.69, 9.17) is 0 Å². The molecule has 5 heteroatoms. The average Bonchev–Trinajstić information content (AvgIpc) is 2.88. The minimum Gasteiger partial charge on any atom is -0.355 e. The summed E-state index contributed by atoms with van der Waals surface area (Å²) in [6.45, 7) is 6.55. The summed E-state index contributed by atoms with van der Waals surface area (Å²) in [5.74, 6) is 1.79. The summed E-state index contributed by atoms with van der Waals surface area (Å²) in [4.78, 5) is 11.5. The highest BCUT2D eigenvalue weighted by Gasteiger charge is 2.19. The standard InChI is InChI=1S/C15H23N5/c1-3-20(10-12-4-7-16-8-5-12)15-14-13(6-9-17-15)19(2)11-18-14/h6,9,11-12,16H,3-5,7-8,10H2,1-2H3. The SMILES string of the molecule is CCN(CC1CCNCC1)c1nccc2c1ncn2C. The first kappa shape index (κ1) is 13.4. The van der Waals surface area contributed by atoms with Crippen LogP contribution in [0.2, 0.25) is 0 Å². The van der Waals surface area contributed by atoms with E-state index >= 15 is 0 Å². The van der Waals surface area contributed by atoms with Crippen LogP contribution in [0.1, 0.15) is 19.8 Å². The number of aromatic nitrogens is 3. The highest BCUT2D eigenvalue weighted by Crippen LogP contribution is 2.24. The van der Waals surface area contributed by atoms with Gasteiger partial charge in [-0.25, -0.2) is 9.97 Å². The molecule has 0 saturated carbocycles. The molecule has 20 heavy (non-hydrogen) atoms. The van der Waals surface area contributed by atoms with Crippen LogP contribution in [0.4, 0.5) is 5.82 Å². The average molecular weight is 273 g/mol. The molecule has 0 spiro atoms. The summed E-state index contributed by atoms with van der Waals surface area (Å²) >= 11 is 0. The fraction of sp³-hybridized carbons (Fsp3) is 0.600. The summed E-state index contributed by atoms with van der Waals surface area (Å²) in [5, 5.41) is 3.43. The Morgan fingerprint density at radius 2 is 2.15 bits per heavy atom. The lowest BCUT2D eigenvalue weighted by Gasteiger charge is -2.30. The Hall–Kier alpha value is -1.62. The lowest BCUT2D eigenvalue weighted by molar-refractivity contribution is 0.374. The zero-order valence-electron chi connectivity index (χ0n) is 12.3. The van der Waals surface area contributed by atoms with Gasteiger partial charge in [0.05, 0.1) is 11.8 Å². The molecule has 3 heterocycles. The Morgan fingerprint density at radius 3 is 2.90 bits per heavy atom. The molecule has 5 nitrogen and oxygen atoms in total. The number of pyridine rings is 1. The molecule has 108 valence electrons. The number of anilines is 1. The second-order valence-corrected chi connectivity index (χ2v) is 5.59. The fourth-order valence-electron chi connectivity index (χ4n) is 3.02. The van der Waals surface area contributed by atoms with E-state index in [1.807, 2.05) is 25.6 Å². The molecule has 0 amide bonds. The molecule has 0 aliphatic carbocycles. The first-order valence-electron chi connectivity index (χ1n) is 7.51. The summed E-state index contributed by atoms with van der Waals surface area (Å²) < 4.78 is 2.05. The highest BCUT2D eigenvalue weighted by atomic mass is 15.2. The Kier molecular flexibility index (Phi) is 3.87. The normalized spacial score (nSPS) is 16.7. The van der Waals surface area contributed by atoms with Gasteiger partial charge in [0.2, 0.25) is 0 Å². The van der Waals surface area contributed by atoms with E-state index in [0.29, 0.717) is 0 Å². The third kappa shape index (κ3) is 2.50. The van der Waals surface area contributed by atoms with Gasteiger partial charge in [-0.2, -0.15) is 0 Å². The van der Waals surface area contributed by atoms with Crippen LogP contribution in [-0.4, -0.2) is 40.7 Å². The molecule has 0 atom stereocenters. The van der Waals surface area contributed by atoms with Crippen molar-refractivity contribution in [2.24, 2.45) is 13.0 Å². The van der Waals surface area contributed by atoms with E-state index in [-0.39, 0.29) is 0 Å². The maximum absolute atomic E-state index is 4.59. The smallest absolute Gasteiger partial charge is 0.156 e. The maximum atomic E-state index is 4.59. The van der Waals surface area contributed by atoms with Gasteiger partial charge >= 0.3 is 0 Å². The number of fused-ring (bicyclic) bond motifs is 1. The fourth-order valence-corrected chi connectivity index (χ4v) is 3.02. The number of nitrogens with zero attached hydrogens (tertiary/aromatic N) is 4. The Labute approximate surface area is 120 Å². The van der Waals surface area contributed by atoms with Crippen molar-refractivity contribution in [2.45, 2.75) is 19.8 Å². The molecule has 2 aromatic heterocycles. The number of aryl methyl sites for hydroxylation is 1. The van der Waals surface area contributed by atoms with E-state index in [1.165, 1.54) is 12.8 Å². The first-order chi connectivity index (χ1) is 9.79. The summed E-state index contributed by atoms with van der Waals surface area (Å²) in [6, 6.07) is 2.03. The van der Waals surface area contributed by atoms with Crippen molar-refractivity contribution in [3.05, 3.63) is 18.6 Å². The molecule has 1 N–H and O–H groups in total. The van der Waals surface area contributed by atoms with Crippen LogP contribution in [0, 0.1) is 5.92 Å². The Morgan fingerprint density at radius 1 is 1.35 bits per heavy atom. The van der Waals surface area contributed by atoms with Crippen molar-refractivity contribution in [3.8, 4) is 0 Å². The number of nitrogens with one attached hydrogen (secondary N) is 1. The number of rotatable bonds is 4. The van der Waals surface area contributed by atoms with Crippen molar-refractivity contribution < 1.29 is 0 Å². The van der Waals surface area contributed by atoms with Crippen molar-refractivity contribution in [1.82, 2.24) is 19.9 Å². The molecular weight excluding hydrogens is 250 g/mol. The molecule has 1 fully saturated rings. The van der Waals surface area contributed by atoms with Crippen molar-refractivity contribution in [2.75, 3.05) is 31.1 Å². The lowest BCUT2D eigenvalue weighted by atomic mass is 9.97. The third-order valence-corrected chi connectivity index (χ3v) is 4.24. The van der Waals surface area contributed by atoms with E-state index in [0.717, 1.165) is 48.9 Å². The quantitative estimate of drug-likeness (QED) is 0.922. The van der Waals surface area contributed by atoms with E-state index in [1.54, 1.807) is 0 Å². The van der Waals surface area contributed by atoms with Crippen molar-refractivity contribution in [3.63, 3.8) is 0 Å². The second kappa shape index (κ2) is 5.79. The van der Waals surface area contributed by atoms with Gasteiger partial charge in [-0.3, -0.25) is 0 Å². The molecule has 0 unspecified atom stereocenters. The van der Waals surface area contributed by atoms with Gasteiger partial charge in [0.25, 0.3) is 0 Å². The molecular formula is C15H23N5. The number of hydrogen-bond donors (Lipinski definition) is 1. The topological polar surface area (TPSA) is 46.0 Å². The van der Waals surface area contributed by atoms with Gasteiger partial charge in [-0.1, -0.05) is 0 Å². The lowest BCUT2D eigenvalue weighted by Crippen LogP contribution is -2.36. The zero-order chi connectivity index (χ0) is 13.9. The van der Waals surface area contributed by atoms with Crippen molar-refractivity contribution >= 4 is 16.9 Å². The predicted molar refractivity (Wildman–Crippen MR) is 82.0 cm³/mol. The minimum atomic E-state index is 0.761. The van der Waals surface area contributed by atoms with Crippen LogP contribution in [0.15, 0.2) is 18.6 Å². The van der Waals surface area contributed by atoms with Crippen LogP contribution >= 0.6 is 0 Å². The first-order valence-corrected chi connectivity index (χ1v) is 7.51. The van der Waals surface area contributed by atoms with Gasteiger partial charge in [0, 0.05) is 26.3 Å². The van der Waals surface area contributed by atoms with Gasteiger partial charge in [-0.15, -0.1) is 0 Å². The largest absolute Gasteiger partial charge is 0.355 e. The molecule has 3 rings (SSSR count). The molecule has 1 saturated heterocycles. The van der Waals surface area contributed by atoms with E-state index < -0.39 is 0 Å². The molecule has 0 bridgehead atoms. The van der Waals surface area contributed by atoms with Gasteiger partial charge < -0.3 is 14.8 Å². The summed E-state index contributed by atoms with van der Waals surface area (Å²) in [6.07, 6.45) is 6.28. The number of hydrogen-bond acceptors (Lipinski definition) is 4. The monoisotopic (exact) mass is 273 g/mol. The number of piperidine rings is 1. The zero-order valence-corrected chi connectivity index (χ0v) is 12.3. The van der Waals surface area contributed by atoms with Crippen LogP contribution in [-0.2, 0) is 7.05 Å². The summed E-state index contributed by atoms with van der Waals surface area (Å²) in [5.41, 5.74) is 2.17. The highest BCUT2D eigenvalue weighted by molar-refractivity contribution is 5.86. The van der Waals surface area contributed by atoms with Gasteiger partial charge in [0.15, 0.2) is 5.82 Å². The van der Waals surface area contributed by atoms with Crippen LogP contribution < -0.4 is 10.2 Å². The minimum absolute atomic E-state index is 0.761. The molecule has 1 aliphatic heterocycles. The van der Waals surface area contributed by atoms with Crippen LogP contribution in [0.5, 0.6) is 0 Å². The second-order valence-electron chi connectivity index (χ2n) is 5.59. The van der Waals surface area contributed by atoms with E-state index in [2.05, 4.69) is 31.7 Å². The van der Waals surface area contributed by atoms with Crippen molar-refractivity contribution in [1.29, 1.82) is 0 Å². The Balaban J connectivity index is 1.86. The molecule has 0 radical (unpaired) electrons. The third-order valence-electron chi connectivity index (χ3n) is 4.24. The molecule has 0 aromatic carbocycles. The van der Waals surface area contributed by atoms with Gasteiger partial charge in [0.1, 0.15) is 5.52 Å². The van der Waals surface area contributed by atoms with Gasteiger partial charge in [-0.05, 0) is 44.8 Å². The molecule has 2 aromatic rings. The predicted octanol–water partition coefficient (Wildman–Crippen LogP) is 1.79. The Bertz CT molecular complexity index is 571. The number of imidazole rings is 1. The van der Waals surface area contributed by atoms with Crippen LogP contribution in [0.3, 0.4) is 0 Å². The molecule has 1 aliphatic rings. The summed E-state index contributed by atoms with van der Waals surface area (Å²) in [7, 11) is 2.03. The van der Waals surface area contributed by atoms with E-state index in [9.17, 15) is 0 Å². The maximum Gasteiger partial charge on any atom is 0.156 e. The van der Waals surface area contributed by atoms with Crippen LogP contribution in [0.25, 0.3) is 11.0 Å².